The summed E-state index contributed by atoms with van der Waals surface area (Å²) in [5.74, 6) is 0.895. The number of rotatable bonds is 2. The summed E-state index contributed by atoms with van der Waals surface area (Å²) < 4.78 is 17.9. The fourth-order valence-electron chi connectivity index (χ4n) is 1.41. The zero-order valence-electron chi connectivity index (χ0n) is 8.27. The monoisotopic (exact) mass is 206 g/mol. The standard InChI is InChI=1S/C12H11FO2/c1-8-2-7-11(15-8)12(14)9-3-5-10(13)6-4-9/h2-7,12,14H,1H3. The van der Waals surface area contributed by atoms with Gasteiger partial charge < -0.3 is 9.52 Å². The van der Waals surface area contributed by atoms with E-state index in [1.807, 2.05) is 0 Å². The van der Waals surface area contributed by atoms with E-state index in [-0.39, 0.29) is 5.82 Å². The first-order chi connectivity index (χ1) is 7.16. The van der Waals surface area contributed by atoms with E-state index in [0.29, 0.717) is 11.3 Å². The molecule has 0 saturated heterocycles. The van der Waals surface area contributed by atoms with Crippen LogP contribution in [0.4, 0.5) is 4.39 Å². The van der Waals surface area contributed by atoms with E-state index in [0.717, 1.165) is 5.76 Å². The van der Waals surface area contributed by atoms with E-state index in [4.69, 9.17) is 4.42 Å². The van der Waals surface area contributed by atoms with Gasteiger partial charge in [-0.15, -0.1) is 0 Å². The maximum Gasteiger partial charge on any atom is 0.137 e. The number of furan rings is 1. The van der Waals surface area contributed by atoms with Gasteiger partial charge in [-0.05, 0) is 36.8 Å². The minimum absolute atomic E-state index is 0.318. The van der Waals surface area contributed by atoms with E-state index < -0.39 is 6.10 Å². The average molecular weight is 206 g/mol. The molecule has 0 aliphatic carbocycles. The summed E-state index contributed by atoms with van der Waals surface area (Å²) in [7, 11) is 0. The highest BCUT2D eigenvalue weighted by atomic mass is 19.1. The molecule has 78 valence electrons. The van der Waals surface area contributed by atoms with Gasteiger partial charge >= 0.3 is 0 Å². The van der Waals surface area contributed by atoms with Gasteiger partial charge in [0.25, 0.3) is 0 Å². The van der Waals surface area contributed by atoms with Gasteiger partial charge in [-0.2, -0.15) is 0 Å². The van der Waals surface area contributed by atoms with Crippen molar-refractivity contribution < 1.29 is 13.9 Å². The smallest absolute Gasteiger partial charge is 0.137 e. The van der Waals surface area contributed by atoms with Crippen LogP contribution in [-0.2, 0) is 0 Å². The van der Waals surface area contributed by atoms with Crippen LogP contribution in [0, 0.1) is 12.7 Å². The maximum atomic E-state index is 12.7. The third kappa shape index (κ3) is 2.07. The molecular formula is C12H11FO2. The van der Waals surface area contributed by atoms with Crippen LogP contribution in [0.1, 0.15) is 23.2 Å². The summed E-state index contributed by atoms with van der Waals surface area (Å²) in [6.45, 7) is 1.81. The van der Waals surface area contributed by atoms with E-state index >= 15 is 0 Å². The van der Waals surface area contributed by atoms with Crippen LogP contribution < -0.4 is 0 Å². The van der Waals surface area contributed by atoms with E-state index in [1.165, 1.54) is 24.3 Å². The highest BCUT2D eigenvalue weighted by molar-refractivity contribution is 5.25. The van der Waals surface area contributed by atoms with Gasteiger partial charge in [-0.25, -0.2) is 4.39 Å². The molecule has 1 unspecified atom stereocenters. The average Bonchev–Trinajstić information content (AvgIpc) is 2.65. The van der Waals surface area contributed by atoms with E-state index in [1.54, 1.807) is 19.1 Å². The molecule has 0 aliphatic heterocycles. The highest BCUT2D eigenvalue weighted by Crippen LogP contribution is 2.23. The van der Waals surface area contributed by atoms with Crippen LogP contribution in [-0.4, -0.2) is 5.11 Å². The van der Waals surface area contributed by atoms with Gasteiger partial charge in [0.05, 0.1) is 0 Å². The quantitative estimate of drug-likeness (QED) is 0.819. The summed E-state index contributed by atoms with van der Waals surface area (Å²) in [6, 6.07) is 9.20. The molecular weight excluding hydrogens is 195 g/mol. The van der Waals surface area contributed by atoms with Crippen molar-refractivity contribution in [3.05, 3.63) is 59.3 Å². The molecule has 0 spiro atoms. The SMILES string of the molecule is Cc1ccc(C(O)c2ccc(F)cc2)o1. The van der Waals surface area contributed by atoms with Crippen LogP contribution in [0.2, 0.25) is 0 Å². The fourth-order valence-corrected chi connectivity index (χ4v) is 1.41. The molecule has 1 N–H and O–H groups in total. The molecule has 1 heterocycles. The summed E-state index contributed by atoms with van der Waals surface area (Å²) in [6.07, 6.45) is -0.834. The third-order valence-electron chi connectivity index (χ3n) is 2.22. The fraction of sp³-hybridized carbons (Fsp3) is 0.167. The van der Waals surface area contributed by atoms with Gasteiger partial charge in [0, 0.05) is 0 Å². The van der Waals surface area contributed by atoms with Crippen molar-refractivity contribution in [2.45, 2.75) is 13.0 Å². The molecule has 1 aromatic heterocycles. The molecule has 1 aromatic carbocycles. The zero-order valence-corrected chi connectivity index (χ0v) is 8.27. The van der Waals surface area contributed by atoms with Crippen molar-refractivity contribution in [1.29, 1.82) is 0 Å². The predicted octanol–water partition coefficient (Wildman–Crippen LogP) is 2.81. The van der Waals surface area contributed by atoms with Crippen LogP contribution in [0.25, 0.3) is 0 Å². The molecule has 1 atom stereocenters. The molecule has 2 rings (SSSR count). The Morgan fingerprint density at radius 1 is 1.13 bits per heavy atom. The second-order valence-corrected chi connectivity index (χ2v) is 3.40. The van der Waals surface area contributed by atoms with Crippen molar-refractivity contribution in [1.82, 2.24) is 0 Å². The van der Waals surface area contributed by atoms with Crippen LogP contribution in [0.15, 0.2) is 40.8 Å². The summed E-state index contributed by atoms with van der Waals surface area (Å²) >= 11 is 0. The minimum atomic E-state index is -0.834. The Morgan fingerprint density at radius 3 is 2.33 bits per heavy atom. The lowest BCUT2D eigenvalue weighted by molar-refractivity contribution is 0.187. The second-order valence-electron chi connectivity index (χ2n) is 3.40. The number of aliphatic hydroxyl groups excluding tert-OH is 1. The summed E-state index contributed by atoms with van der Waals surface area (Å²) in [5.41, 5.74) is 0.616. The van der Waals surface area contributed by atoms with Crippen molar-refractivity contribution in [3.63, 3.8) is 0 Å². The van der Waals surface area contributed by atoms with Crippen LogP contribution in [0.3, 0.4) is 0 Å². The lowest BCUT2D eigenvalue weighted by atomic mass is 10.1. The van der Waals surface area contributed by atoms with Crippen LogP contribution in [0.5, 0.6) is 0 Å². The van der Waals surface area contributed by atoms with Crippen molar-refractivity contribution in [2.24, 2.45) is 0 Å². The van der Waals surface area contributed by atoms with Gasteiger partial charge in [0.2, 0.25) is 0 Å². The lowest BCUT2D eigenvalue weighted by Gasteiger charge is -2.07. The molecule has 0 amide bonds. The number of halogens is 1. The molecule has 15 heavy (non-hydrogen) atoms. The van der Waals surface area contributed by atoms with Gasteiger partial charge in [-0.3, -0.25) is 0 Å². The summed E-state index contributed by atoms with van der Waals surface area (Å²) in [4.78, 5) is 0. The van der Waals surface area contributed by atoms with Crippen molar-refractivity contribution in [2.75, 3.05) is 0 Å². The second kappa shape index (κ2) is 3.87. The number of hydrogen-bond acceptors (Lipinski definition) is 2. The molecule has 0 radical (unpaired) electrons. The maximum absolute atomic E-state index is 12.7. The molecule has 0 fully saturated rings. The highest BCUT2D eigenvalue weighted by Gasteiger charge is 2.13. The van der Waals surface area contributed by atoms with Crippen molar-refractivity contribution in [3.8, 4) is 0 Å². The molecule has 0 bridgehead atoms. The first-order valence-electron chi connectivity index (χ1n) is 4.66. The van der Waals surface area contributed by atoms with Crippen LogP contribution >= 0.6 is 0 Å². The molecule has 2 nitrogen and oxygen atoms in total. The first-order valence-corrected chi connectivity index (χ1v) is 4.66. The largest absolute Gasteiger partial charge is 0.463 e. The minimum Gasteiger partial charge on any atom is -0.463 e. The zero-order chi connectivity index (χ0) is 10.8. The normalized spacial score (nSPS) is 12.7. The van der Waals surface area contributed by atoms with E-state index in [2.05, 4.69) is 0 Å². The lowest BCUT2D eigenvalue weighted by Crippen LogP contribution is -1.97. The Morgan fingerprint density at radius 2 is 1.80 bits per heavy atom. The van der Waals surface area contributed by atoms with Gasteiger partial charge in [0.1, 0.15) is 23.4 Å². The van der Waals surface area contributed by atoms with Gasteiger partial charge in [0.15, 0.2) is 0 Å². The number of aliphatic hydroxyl groups is 1. The Balaban J connectivity index is 2.28. The summed E-state index contributed by atoms with van der Waals surface area (Å²) in [5, 5.41) is 9.88. The Kier molecular flexibility index (Phi) is 2.56. The van der Waals surface area contributed by atoms with E-state index in [9.17, 15) is 9.50 Å². The molecule has 0 saturated carbocycles. The van der Waals surface area contributed by atoms with Gasteiger partial charge in [-0.1, -0.05) is 12.1 Å². The Labute approximate surface area is 87.0 Å². The molecule has 3 heteroatoms. The molecule has 2 aromatic rings. The number of benzene rings is 1. The van der Waals surface area contributed by atoms with Crippen molar-refractivity contribution >= 4 is 0 Å². The Hall–Kier alpha value is -1.61. The number of hydrogen-bond donors (Lipinski definition) is 1. The number of aryl methyl sites for hydroxylation is 1. The topological polar surface area (TPSA) is 33.4 Å². The predicted molar refractivity (Wildman–Crippen MR) is 53.9 cm³/mol. The third-order valence-corrected chi connectivity index (χ3v) is 2.22. The Bertz CT molecular complexity index is 445. The first kappa shape index (κ1) is 9.93. The molecule has 0 aliphatic rings.